The number of nitrogens with one attached hydrogen (secondary N) is 2. The maximum Gasteiger partial charge on any atom is 0.414 e. The van der Waals surface area contributed by atoms with Crippen LogP contribution in [0.5, 0.6) is 0 Å². The Balaban J connectivity index is 1.22. The van der Waals surface area contributed by atoms with Crippen molar-refractivity contribution in [3.63, 3.8) is 0 Å². The van der Waals surface area contributed by atoms with Crippen molar-refractivity contribution < 1.29 is 38.1 Å². The van der Waals surface area contributed by atoms with Gasteiger partial charge in [-0.05, 0) is 70.7 Å². The van der Waals surface area contributed by atoms with Crippen LogP contribution in [0.4, 0.5) is 10.5 Å². The summed E-state index contributed by atoms with van der Waals surface area (Å²) in [6.45, 7) is 10.5. The maximum absolute atomic E-state index is 12.7. The van der Waals surface area contributed by atoms with E-state index < -0.39 is 29.8 Å². The highest BCUT2D eigenvalue weighted by molar-refractivity contribution is 8.00. The number of alkyl carbamates (subject to hydrolysis) is 1. The standard InChI is InChI=1S/C33H46N2O8S/c1-20(2)10-15-26-32(5,43-26)30-29(40-6)25(16-17-33(30)19-41-33)42-31(39)35-28(38)18-44-23-13-11-22(12-14-23)34-27(37)9-7-8-24(36)21(3)4/h10-14,21,25-26,29-30H,7-9,15-19H2,1-6H3,(H,34,37)(H,35,38,39)/t25-,26-,29-,30-,32+,33+/m1/s1. The van der Waals surface area contributed by atoms with E-state index >= 15 is 0 Å². The average Bonchev–Trinajstić information content (AvgIpc) is 3.89. The van der Waals surface area contributed by atoms with Crippen LogP contribution < -0.4 is 10.6 Å². The molecule has 1 aromatic carbocycles. The predicted molar refractivity (Wildman–Crippen MR) is 167 cm³/mol. The van der Waals surface area contributed by atoms with Crippen molar-refractivity contribution in [1.82, 2.24) is 5.32 Å². The lowest BCUT2D eigenvalue weighted by Gasteiger charge is -2.42. The van der Waals surface area contributed by atoms with Gasteiger partial charge in [-0.2, -0.15) is 0 Å². The number of amides is 3. The number of hydrogen-bond donors (Lipinski definition) is 2. The van der Waals surface area contributed by atoms with Crippen molar-refractivity contribution in [1.29, 1.82) is 0 Å². The van der Waals surface area contributed by atoms with Gasteiger partial charge >= 0.3 is 6.09 Å². The third-order valence-electron chi connectivity index (χ3n) is 8.72. The second-order valence-corrected chi connectivity index (χ2v) is 13.8. The van der Waals surface area contributed by atoms with Gasteiger partial charge in [-0.1, -0.05) is 25.5 Å². The van der Waals surface area contributed by atoms with Crippen LogP contribution in [-0.2, 0) is 33.3 Å². The third kappa shape index (κ3) is 8.71. The highest BCUT2D eigenvalue weighted by Gasteiger charge is 2.72. The zero-order valence-electron chi connectivity index (χ0n) is 26.6. The van der Waals surface area contributed by atoms with Gasteiger partial charge in [-0.25, -0.2) is 4.79 Å². The summed E-state index contributed by atoms with van der Waals surface area (Å²) in [5, 5.41) is 5.15. The van der Waals surface area contributed by atoms with E-state index in [2.05, 4.69) is 37.5 Å². The van der Waals surface area contributed by atoms with E-state index in [0.717, 1.165) is 17.7 Å². The molecule has 1 aromatic rings. The molecule has 2 N–H and O–H groups in total. The first-order valence-corrected chi connectivity index (χ1v) is 16.4. The number of hydrogen-bond acceptors (Lipinski definition) is 9. The Labute approximate surface area is 264 Å². The number of ether oxygens (including phenoxy) is 4. The van der Waals surface area contributed by atoms with Gasteiger partial charge in [-0.15, -0.1) is 11.8 Å². The summed E-state index contributed by atoms with van der Waals surface area (Å²) in [4.78, 5) is 50.0. The maximum atomic E-state index is 12.7. The molecule has 6 atom stereocenters. The van der Waals surface area contributed by atoms with E-state index in [4.69, 9.17) is 18.9 Å². The molecule has 0 radical (unpaired) electrons. The first-order chi connectivity index (χ1) is 20.9. The first-order valence-electron chi connectivity index (χ1n) is 15.4. The van der Waals surface area contributed by atoms with Crippen LogP contribution in [0.2, 0.25) is 0 Å². The Morgan fingerprint density at radius 2 is 1.82 bits per heavy atom. The lowest BCUT2D eigenvalue weighted by Crippen LogP contribution is -2.56. The molecular weight excluding hydrogens is 584 g/mol. The Morgan fingerprint density at radius 3 is 2.43 bits per heavy atom. The molecule has 1 saturated carbocycles. The highest BCUT2D eigenvalue weighted by Crippen LogP contribution is 2.59. The van der Waals surface area contributed by atoms with Crippen molar-refractivity contribution >= 4 is 41.1 Å². The third-order valence-corrected chi connectivity index (χ3v) is 9.73. The van der Waals surface area contributed by atoms with E-state index in [0.29, 0.717) is 31.6 Å². The van der Waals surface area contributed by atoms with Crippen molar-refractivity contribution in [2.75, 3.05) is 24.8 Å². The van der Waals surface area contributed by atoms with E-state index in [-0.39, 0.29) is 47.4 Å². The van der Waals surface area contributed by atoms with Crippen molar-refractivity contribution in [2.24, 2.45) is 11.8 Å². The second-order valence-electron chi connectivity index (χ2n) is 12.7. The average molecular weight is 631 g/mol. The molecule has 2 saturated heterocycles. The molecule has 2 aliphatic heterocycles. The summed E-state index contributed by atoms with van der Waals surface area (Å²) in [5.41, 5.74) is 1.09. The number of rotatable bonds is 14. The number of Topliss-reactive ketones (excluding diaryl/α,β-unsaturated/α-hetero) is 1. The zero-order valence-corrected chi connectivity index (χ0v) is 27.4. The van der Waals surface area contributed by atoms with Crippen LogP contribution in [0.15, 0.2) is 40.8 Å². The number of epoxide rings is 2. The molecule has 3 fully saturated rings. The molecule has 0 aromatic heterocycles. The molecule has 1 spiro atoms. The molecule has 2 heterocycles. The number of carbonyl (C=O) groups is 4. The summed E-state index contributed by atoms with van der Waals surface area (Å²) >= 11 is 1.26. The number of methoxy groups -OCH3 is 1. The zero-order chi connectivity index (χ0) is 32.1. The van der Waals surface area contributed by atoms with Crippen LogP contribution in [0.1, 0.15) is 73.1 Å². The number of allylic oxidation sites excluding steroid dienone is 1. The fourth-order valence-electron chi connectivity index (χ4n) is 6.11. The SMILES string of the molecule is CO[C@@H]1[C@H](OC(=O)NC(=O)CSc2ccc(NC(=O)CCCC(=O)C(C)C)cc2)CC[C@]2(CO2)[C@H]1[C@@]1(C)O[C@@H]1CC=C(C)C. The molecule has 10 nitrogen and oxygen atoms in total. The molecule has 3 amide bonds. The van der Waals surface area contributed by atoms with Gasteiger partial charge in [0.1, 0.15) is 29.2 Å². The molecule has 44 heavy (non-hydrogen) atoms. The van der Waals surface area contributed by atoms with Gasteiger partial charge in [0.05, 0.1) is 24.4 Å². The minimum absolute atomic E-state index is 0.0145. The quantitative estimate of drug-likeness (QED) is 0.156. The van der Waals surface area contributed by atoms with Crippen molar-refractivity contribution in [3.8, 4) is 0 Å². The largest absolute Gasteiger partial charge is 0.443 e. The lowest BCUT2D eigenvalue weighted by atomic mass is 9.68. The van der Waals surface area contributed by atoms with E-state index in [1.807, 2.05) is 13.8 Å². The molecule has 1 aliphatic carbocycles. The van der Waals surface area contributed by atoms with Gasteiger partial charge in [0.2, 0.25) is 11.8 Å². The van der Waals surface area contributed by atoms with E-state index in [1.165, 1.54) is 17.3 Å². The highest BCUT2D eigenvalue weighted by atomic mass is 32.2. The summed E-state index contributed by atoms with van der Waals surface area (Å²) in [5.74, 6) is -0.582. The molecule has 0 unspecified atom stereocenters. The Hall–Kier alpha value is -2.73. The number of carbonyl (C=O) groups excluding carboxylic acids is 4. The van der Waals surface area contributed by atoms with Gasteiger partial charge in [0.25, 0.3) is 0 Å². The van der Waals surface area contributed by atoms with Gasteiger partial charge in [-0.3, -0.25) is 19.7 Å². The Morgan fingerprint density at radius 1 is 1.11 bits per heavy atom. The normalized spacial score (nSPS) is 28.7. The van der Waals surface area contributed by atoms with E-state index in [9.17, 15) is 19.2 Å². The monoisotopic (exact) mass is 630 g/mol. The molecular formula is C33H46N2O8S. The van der Waals surface area contributed by atoms with Crippen molar-refractivity contribution in [3.05, 3.63) is 35.9 Å². The van der Waals surface area contributed by atoms with Crippen LogP contribution in [-0.4, -0.2) is 72.7 Å². The fraction of sp³-hybridized carbons (Fsp3) is 0.636. The molecule has 11 heteroatoms. The molecule has 0 bridgehead atoms. The smallest absolute Gasteiger partial charge is 0.414 e. The Kier molecular flexibility index (Phi) is 11.3. The minimum Gasteiger partial charge on any atom is -0.443 e. The molecule has 242 valence electrons. The predicted octanol–water partition coefficient (Wildman–Crippen LogP) is 5.44. The Bertz CT molecular complexity index is 1240. The minimum atomic E-state index is -0.801. The van der Waals surface area contributed by atoms with E-state index in [1.54, 1.807) is 31.4 Å². The summed E-state index contributed by atoms with van der Waals surface area (Å²) < 4.78 is 23.8. The fourth-order valence-corrected chi connectivity index (χ4v) is 6.80. The number of ketones is 1. The van der Waals surface area contributed by atoms with Gasteiger partial charge < -0.3 is 24.3 Å². The number of anilines is 1. The molecule has 3 aliphatic rings. The van der Waals surface area contributed by atoms with Crippen LogP contribution in [0, 0.1) is 11.8 Å². The second kappa shape index (κ2) is 14.6. The van der Waals surface area contributed by atoms with Crippen LogP contribution in [0.3, 0.4) is 0 Å². The van der Waals surface area contributed by atoms with Gasteiger partial charge in [0.15, 0.2) is 0 Å². The number of imide groups is 1. The number of thioether (sulfide) groups is 1. The van der Waals surface area contributed by atoms with Crippen molar-refractivity contribution in [2.45, 2.75) is 108 Å². The lowest BCUT2D eigenvalue weighted by molar-refractivity contribution is -0.124. The topological polar surface area (TPSA) is 136 Å². The summed E-state index contributed by atoms with van der Waals surface area (Å²) in [6.07, 6.45) is 3.73. The van der Waals surface area contributed by atoms with Crippen LogP contribution >= 0.6 is 11.8 Å². The first kappa shape index (κ1) is 34.1. The molecule has 4 rings (SSSR count). The van der Waals surface area contributed by atoms with Crippen LogP contribution in [0.25, 0.3) is 0 Å². The summed E-state index contributed by atoms with van der Waals surface area (Å²) in [6, 6.07) is 7.09. The summed E-state index contributed by atoms with van der Waals surface area (Å²) in [7, 11) is 1.61. The van der Waals surface area contributed by atoms with Gasteiger partial charge in [0, 0.05) is 36.5 Å². The number of benzene rings is 1.